The molecule has 0 saturated heterocycles. The molecular formula is C4H2N18. The van der Waals surface area contributed by atoms with Crippen molar-refractivity contribution in [3.05, 3.63) is 23.3 Å². The van der Waals surface area contributed by atoms with Crippen molar-refractivity contribution in [2.45, 2.75) is 0 Å². The summed E-state index contributed by atoms with van der Waals surface area (Å²) in [4.78, 5) is 0. The van der Waals surface area contributed by atoms with E-state index in [0.717, 1.165) is 10.2 Å². The van der Waals surface area contributed by atoms with Crippen LogP contribution in [-0.4, -0.2) is 10.2 Å². The summed E-state index contributed by atoms with van der Waals surface area (Å²) < 4.78 is 0. The van der Waals surface area contributed by atoms with Crippen molar-refractivity contribution in [1.82, 2.24) is 21.3 Å². The molecule has 0 spiro atoms. The largest absolute Gasteiger partial charge is 0.248 e. The van der Waals surface area contributed by atoms with Crippen LogP contribution in [0.1, 0.15) is 0 Å². The van der Waals surface area contributed by atoms with E-state index < -0.39 is 0 Å². The van der Waals surface area contributed by atoms with Crippen molar-refractivity contribution in [1.29, 1.82) is 0 Å². The van der Waals surface area contributed by atoms with Crippen LogP contribution >= 0.6 is 0 Å². The van der Waals surface area contributed by atoms with Gasteiger partial charge < -0.3 is 0 Å². The molecule has 0 aromatic heterocycles. The number of hydrogen-bond acceptors (Lipinski definition) is 16. The summed E-state index contributed by atoms with van der Waals surface area (Å²) >= 11 is 0. The molecule has 18 nitrogen and oxygen atoms in total. The van der Waals surface area contributed by atoms with Crippen LogP contribution in [0.3, 0.4) is 0 Å². The SMILES string of the molecule is N1=NC(=C2N=NNN2N=NN2NN=NC2=C2N=NN=N2)N=N1. The van der Waals surface area contributed by atoms with Crippen LogP contribution in [0.5, 0.6) is 0 Å². The molecule has 0 aromatic carbocycles. The van der Waals surface area contributed by atoms with Gasteiger partial charge in [-0.05, 0) is 41.8 Å². The molecule has 108 valence electrons. The zero-order valence-corrected chi connectivity index (χ0v) is 10.2. The molecule has 0 fully saturated rings. The van der Waals surface area contributed by atoms with Gasteiger partial charge >= 0.3 is 0 Å². The Labute approximate surface area is 118 Å². The Morgan fingerprint density at radius 1 is 0.591 bits per heavy atom. The van der Waals surface area contributed by atoms with E-state index in [1.807, 2.05) is 0 Å². The number of hydrazine groups is 2. The highest BCUT2D eigenvalue weighted by Gasteiger charge is 2.25. The third-order valence-corrected chi connectivity index (χ3v) is 2.23. The van der Waals surface area contributed by atoms with Gasteiger partial charge in [-0.1, -0.05) is 0 Å². The summed E-state index contributed by atoms with van der Waals surface area (Å²) in [5, 5.41) is 52.2. The van der Waals surface area contributed by atoms with E-state index in [1.165, 1.54) is 0 Å². The molecule has 0 unspecified atom stereocenters. The molecule has 4 aliphatic heterocycles. The second-order valence-electron chi connectivity index (χ2n) is 3.45. The minimum absolute atomic E-state index is 0.119. The van der Waals surface area contributed by atoms with E-state index in [1.54, 1.807) is 0 Å². The molecule has 22 heavy (non-hydrogen) atoms. The van der Waals surface area contributed by atoms with Crippen molar-refractivity contribution in [2.24, 2.45) is 72.5 Å². The average molecular weight is 302 g/mol. The molecule has 2 N–H and O–H groups in total. The zero-order chi connectivity index (χ0) is 14.8. The van der Waals surface area contributed by atoms with E-state index in [9.17, 15) is 0 Å². The summed E-state index contributed by atoms with van der Waals surface area (Å²) in [6.07, 6.45) is 0. The molecule has 0 aromatic rings. The summed E-state index contributed by atoms with van der Waals surface area (Å²) in [7, 11) is 0. The van der Waals surface area contributed by atoms with Crippen LogP contribution < -0.4 is 11.1 Å². The van der Waals surface area contributed by atoms with Gasteiger partial charge in [0.1, 0.15) is 0 Å². The minimum atomic E-state index is 0.119. The summed E-state index contributed by atoms with van der Waals surface area (Å²) in [6, 6.07) is 0. The van der Waals surface area contributed by atoms with E-state index in [-0.39, 0.29) is 23.3 Å². The quantitative estimate of drug-likeness (QED) is 0.728. The molecular weight excluding hydrogens is 300 g/mol. The number of nitrogens with one attached hydrogen (secondary N) is 2. The van der Waals surface area contributed by atoms with Gasteiger partial charge in [0.15, 0.2) is 0 Å². The molecule has 0 atom stereocenters. The maximum Gasteiger partial charge on any atom is 0.248 e. The van der Waals surface area contributed by atoms with E-state index in [2.05, 4.69) is 83.5 Å². The molecule has 18 heteroatoms. The van der Waals surface area contributed by atoms with E-state index in [4.69, 9.17) is 0 Å². The summed E-state index contributed by atoms with van der Waals surface area (Å²) in [5.74, 6) is 0.536. The van der Waals surface area contributed by atoms with Crippen molar-refractivity contribution in [3.8, 4) is 0 Å². The summed E-state index contributed by atoms with van der Waals surface area (Å²) in [5.41, 5.74) is 4.89. The van der Waals surface area contributed by atoms with Crippen molar-refractivity contribution >= 4 is 0 Å². The van der Waals surface area contributed by atoms with Gasteiger partial charge in [-0.25, -0.2) is 0 Å². The van der Waals surface area contributed by atoms with Gasteiger partial charge in [0.25, 0.3) is 0 Å². The van der Waals surface area contributed by atoms with Gasteiger partial charge in [-0.15, -0.1) is 40.9 Å². The molecule has 4 rings (SSSR count). The Kier molecular flexibility index (Phi) is 2.53. The Hall–Kier alpha value is -4.12. The van der Waals surface area contributed by atoms with Crippen LogP contribution in [0, 0.1) is 0 Å². The molecule has 4 heterocycles. The van der Waals surface area contributed by atoms with E-state index >= 15 is 0 Å². The Balaban J connectivity index is 1.55. The normalized spacial score (nSPS) is 21.5. The fourth-order valence-electron chi connectivity index (χ4n) is 1.36. The zero-order valence-electron chi connectivity index (χ0n) is 10.2. The number of nitrogens with zero attached hydrogens (tertiary/aromatic N) is 16. The third-order valence-electron chi connectivity index (χ3n) is 2.23. The highest BCUT2D eigenvalue weighted by molar-refractivity contribution is 5.10. The van der Waals surface area contributed by atoms with E-state index in [0.29, 0.717) is 0 Å². The fraction of sp³-hybridized carbons (Fsp3) is 0. The summed E-state index contributed by atoms with van der Waals surface area (Å²) in [6.45, 7) is 0. The maximum absolute atomic E-state index is 3.82. The van der Waals surface area contributed by atoms with Gasteiger partial charge in [-0.3, -0.25) is 0 Å². The van der Waals surface area contributed by atoms with Gasteiger partial charge in [0.2, 0.25) is 23.3 Å². The second-order valence-corrected chi connectivity index (χ2v) is 3.45. The van der Waals surface area contributed by atoms with Gasteiger partial charge in [-0.2, -0.15) is 11.1 Å². The smallest absolute Gasteiger partial charge is 0.175 e. The minimum Gasteiger partial charge on any atom is -0.175 e. The second kappa shape index (κ2) is 4.77. The fourth-order valence-corrected chi connectivity index (χ4v) is 1.36. The molecule has 0 bridgehead atoms. The topological polar surface area (TPSA) is 204 Å². The lowest BCUT2D eigenvalue weighted by molar-refractivity contribution is 0.198. The maximum atomic E-state index is 3.82. The number of rotatable bonds is 2. The first kappa shape index (κ1) is 11.7. The van der Waals surface area contributed by atoms with Gasteiger partial charge in [0, 0.05) is 0 Å². The molecule has 4 aliphatic rings. The Bertz CT molecular complexity index is 662. The number of hydrogen-bond donors (Lipinski definition) is 2. The van der Waals surface area contributed by atoms with Crippen LogP contribution in [0.15, 0.2) is 95.8 Å². The lowest BCUT2D eigenvalue weighted by Crippen LogP contribution is -2.27. The predicted molar refractivity (Wildman–Crippen MR) is 58.0 cm³/mol. The van der Waals surface area contributed by atoms with Crippen LogP contribution in [0.2, 0.25) is 0 Å². The molecule has 0 saturated carbocycles. The van der Waals surface area contributed by atoms with Crippen molar-refractivity contribution in [2.75, 3.05) is 0 Å². The van der Waals surface area contributed by atoms with Gasteiger partial charge in [0.05, 0.1) is 0 Å². The highest BCUT2D eigenvalue weighted by atomic mass is 16.0. The first-order valence-corrected chi connectivity index (χ1v) is 5.38. The first-order chi connectivity index (χ1) is 10.9. The van der Waals surface area contributed by atoms with Crippen LogP contribution in [0.4, 0.5) is 0 Å². The molecule has 0 radical (unpaired) electrons. The lowest BCUT2D eigenvalue weighted by Gasteiger charge is -2.10. The first-order valence-electron chi connectivity index (χ1n) is 5.38. The van der Waals surface area contributed by atoms with Crippen LogP contribution in [-0.2, 0) is 0 Å². The Morgan fingerprint density at radius 2 is 1.00 bits per heavy atom. The highest BCUT2D eigenvalue weighted by Crippen LogP contribution is 2.24. The predicted octanol–water partition coefficient (Wildman–Crippen LogP) is 1.56. The molecule has 0 amide bonds. The van der Waals surface area contributed by atoms with Crippen molar-refractivity contribution < 1.29 is 0 Å². The average Bonchev–Trinajstić information content (AvgIpc) is 3.32. The van der Waals surface area contributed by atoms with Crippen molar-refractivity contribution in [3.63, 3.8) is 0 Å². The monoisotopic (exact) mass is 302 g/mol. The molecule has 0 aliphatic carbocycles. The standard InChI is InChI=1S/C4H2N18/c5-1(6-12-11-5)3-9-15-17-21(3)19-20-22-4(10-16-18-22)2-7-13-14-8-2/h(H,9,17)(H,10,18). The van der Waals surface area contributed by atoms with Crippen LogP contribution in [0.25, 0.3) is 0 Å². The lowest BCUT2D eigenvalue weighted by atomic mass is 10.7. The third kappa shape index (κ3) is 1.91. The Morgan fingerprint density at radius 3 is 1.41 bits per heavy atom.